The molecule has 1 aromatic carbocycles. The molecule has 2 rings (SSSR count). The molecule has 0 heterocycles. The van der Waals surface area contributed by atoms with Crippen molar-refractivity contribution in [1.29, 1.82) is 0 Å². The Morgan fingerprint density at radius 2 is 1.96 bits per heavy atom. The minimum atomic E-state index is -3.57. The molecule has 128 valence electrons. The Morgan fingerprint density at radius 3 is 2.57 bits per heavy atom. The summed E-state index contributed by atoms with van der Waals surface area (Å²) in [5.41, 5.74) is 0.924. The largest absolute Gasteiger partial charge is 0.382 e. The van der Waals surface area contributed by atoms with E-state index in [2.05, 4.69) is 10.0 Å². The second-order valence-electron chi connectivity index (χ2n) is 6.09. The molecule has 0 radical (unpaired) electrons. The first-order valence-corrected chi connectivity index (χ1v) is 9.52. The van der Waals surface area contributed by atoms with Gasteiger partial charge in [0.05, 0.1) is 11.8 Å². The van der Waals surface area contributed by atoms with Crippen LogP contribution in [0.15, 0.2) is 30.3 Å². The lowest BCUT2D eigenvalue weighted by Crippen LogP contribution is -2.49. The molecule has 1 aromatic rings. The molecular weight excluding hydrogens is 316 g/mol. The number of sulfonamides is 1. The molecule has 0 spiro atoms. The van der Waals surface area contributed by atoms with Crippen LogP contribution in [0.2, 0.25) is 0 Å². The molecule has 2 unspecified atom stereocenters. The first-order valence-electron chi connectivity index (χ1n) is 7.87. The third-order valence-electron chi connectivity index (χ3n) is 3.87. The van der Waals surface area contributed by atoms with Crippen molar-refractivity contribution in [1.82, 2.24) is 10.0 Å². The zero-order valence-corrected chi connectivity index (χ0v) is 14.1. The molecular formula is C16H24N2O4S. The zero-order chi connectivity index (χ0) is 16.9. The number of aliphatic hydroxyl groups excluding tert-OH is 1. The molecule has 0 aromatic heterocycles. The number of amides is 1. The number of hydrogen-bond acceptors (Lipinski definition) is 4. The molecule has 1 fully saturated rings. The summed E-state index contributed by atoms with van der Waals surface area (Å²) >= 11 is 0. The highest BCUT2D eigenvalue weighted by atomic mass is 32.2. The number of rotatable bonds is 9. The fourth-order valence-corrected chi connectivity index (χ4v) is 3.52. The summed E-state index contributed by atoms with van der Waals surface area (Å²) in [4.78, 5) is 11.8. The highest BCUT2D eigenvalue weighted by molar-refractivity contribution is 7.89. The minimum Gasteiger partial charge on any atom is -0.382 e. The normalized spacial score (nSPS) is 17.5. The van der Waals surface area contributed by atoms with Gasteiger partial charge in [-0.15, -0.1) is 0 Å². The van der Waals surface area contributed by atoms with E-state index >= 15 is 0 Å². The van der Waals surface area contributed by atoms with Gasteiger partial charge in [0, 0.05) is 6.54 Å². The van der Waals surface area contributed by atoms with Crippen molar-refractivity contribution in [3.8, 4) is 0 Å². The number of carbonyl (C=O) groups excluding carboxylic acids is 1. The van der Waals surface area contributed by atoms with Gasteiger partial charge >= 0.3 is 0 Å². The lowest BCUT2D eigenvalue weighted by molar-refractivity contribution is -0.130. The van der Waals surface area contributed by atoms with Crippen LogP contribution in [0, 0.1) is 5.92 Å². The second-order valence-corrected chi connectivity index (χ2v) is 7.97. The number of benzene rings is 1. The van der Waals surface area contributed by atoms with Gasteiger partial charge in [-0.25, -0.2) is 13.1 Å². The van der Waals surface area contributed by atoms with Crippen LogP contribution in [0.1, 0.15) is 25.3 Å². The van der Waals surface area contributed by atoms with E-state index in [9.17, 15) is 18.3 Å². The molecule has 1 amide bonds. The molecule has 2 atom stereocenters. The highest BCUT2D eigenvalue weighted by Crippen LogP contribution is 2.27. The Hall–Kier alpha value is -1.44. The average Bonchev–Trinajstić information content (AvgIpc) is 3.35. The predicted molar refractivity (Wildman–Crippen MR) is 88.3 cm³/mol. The maximum atomic E-state index is 12.1. The van der Waals surface area contributed by atoms with Crippen molar-refractivity contribution in [2.24, 2.45) is 5.92 Å². The van der Waals surface area contributed by atoms with Crippen molar-refractivity contribution in [3.05, 3.63) is 35.9 Å². The zero-order valence-electron chi connectivity index (χ0n) is 13.2. The van der Waals surface area contributed by atoms with Gasteiger partial charge in [-0.1, -0.05) is 30.3 Å². The lowest BCUT2D eigenvalue weighted by Gasteiger charge is -2.19. The smallest absolute Gasteiger partial charge is 0.250 e. The molecule has 0 bridgehead atoms. The van der Waals surface area contributed by atoms with Crippen LogP contribution in [0.3, 0.4) is 0 Å². The molecule has 0 aliphatic heterocycles. The number of aryl methyl sites for hydroxylation is 1. The van der Waals surface area contributed by atoms with E-state index in [0.29, 0.717) is 18.9 Å². The summed E-state index contributed by atoms with van der Waals surface area (Å²) in [6, 6.07) is 8.43. The first kappa shape index (κ1) is 17.9. The van der Waals surface area contributed by atoms with E-state index in [4.69, 9.17) is 0 Å². The van der Waals surface area contributed by atoms with E-state index in [-0.39, 0.29) is 5.75 Å². The van der Waals surface area contributed by atoms with E-state index < -0.39 is 28.1 Å². The average molecular weight is 340 g/mol. The number of nitrogens with one attached hydrogen (secondary N) is 2. The SMILES string of the molecule is CC(NS(=O)(=O)CCc1ccccc1)C(O)C(=O)NCC1CC1. The predicted octanol–water partition coefficient (Wildman–Crippen LogP) is 0.424. The van der Waals surface area contributed by atoms with E-state index in [1.165, 1.54) is 6.92 Å². The Morgan fingerprint density at radius 1 is 1.30 bits per heavy atom. The van der Waals surface area contributed by atoms with Crippen LogP contribution in [0.5, 0.6) is 0 Å². The Kier molecular flexibility index (Phi) is 6.15. The lowest BCUT2D eigenvalue weighted by atomic mass is 10.2. The Labute approximate surface area is 137 Å². The van der Waals surface area contributed by atoms with Gasteiger partial charge in [0.15, 0.2) is 0 Å². The summed E-state index contributed by atoms with van der Waals surface area (Å²) in [6.45, 7) is 2.03. The molecule has 0 saturated heterocycles. The van der Waals surface area contributed by atoms with Crippen LogP contribution in [-0.2, 0) is 21.2 Å². The van der Waals surface area contributed by atoms with Gasteiger partial charge in [-0.3, -0.25) is 4.79 Å². The second kappa shape index (κ2) is 7.90. The number of carbonyl (C=O) groups is 1. The summed E-state index contributed by atoms with van der Waals surface area (Å²) in [5.74, 6) is -0.114. The van der Waals surface area contributed by atoms with Crippen molar-refractivity contribution in [2.75, 3.05) is 12.3 Å². The minimum absolute atomic E-state index is 0.0855. The first-order chi connectivity index (χ1) is 10.9. The van der Waals surface area contributed by atoms with Crippen LogP contribution in [-0.4, -0.2) is 43.9 Å². The van der Waals surface area contributed by atoms with Crippen LogP contribution in [0.25, 0.3) is 0 Å². The summed E-state index contributed by atoms with van der Waals surface area (Å²) in [5, 5.41) is 12.6. The molecule has 1 aliphatic rings. The molecule has 7 heteroatoms. The summed E-state index contributed by atoms with van der Waals surface area (Å²) in [6.07, 6.45) is 1.18. The van der Waals surface area contributed by atoms with Gasteiger partial charge in [-0.05, 0) is 37.7 Å². The van der Waals surface area contributed by atoms with Gasteiger partial charge in [0.2, 0.25) is 10.0 Å². The van der Waals surface area contributed by atoms with Gasteiger partial charge in [0.1, 0.15) is 6.10 Å². The highest BCUT2D eigenvalue weighted by Gasteiger charge is 2.28. The van der Waals surface area contributed by atoms with Crippen molar-refractivity contribution >= 4 is 15.9 Å². The maximum Gasteiger partial charge on any atom is 0.250 e. The fourth-order valence-electron chi connectivity index (χ4n) is 2.20. The molecule has 1 aliphatic carbocycles. The van der Waals surface area contributed by atoms with Crippen molar-refractivity contribution in [2.45, 2.75) is 38.3 Å². The third-order valence-corrected chi connectivity index (χ3v) is 5.34. The number of aliphatic hydroxyl groups is 1. The van der Waals surface area contributed by atoms with E-state index in [1.807, 2.05) is 30.3 Å². The number of hydrogen-bond donors (Lipinski definition) is 3. The van der Waals surface area contributed by atoms with E-state index in [0.717, 1.165) is 18.4 Å². The van der Waals surface area contributed by atoms with E-state index in [1.54, 1.807) is 0 Å². The fraction of sp³-hybridized carbons (Fsp3) is 0.562. The summed E-state index contributed by atoms with van der Waals surface area (Å²) < 4.78 is 26.5. The molecule has 23 heavy (non-hydrogen) atoms. The Bertz CT molecular complexity index is 614. The third kappa shape index (κ3) is 6.29. The topological polar surface area (TPSA) is 95.5 Å². The quantitative estimate of drug-likeness (QED) is 0.607. The van der Waals surface area contributed by atoms with Crippen molar-refractivity contribution < 1.29 is 18.3 Å². The van der Waals surface area contributed by atoms with Crippen LogP contribution in [0.4, 0.5) is 0 Å². The van der Waals surface area contributed by atoms with Crippen molar-refractivity contribution in [3.63, 3.8) is 0 Å². The Balaban J connectivity index is 1.79. The van der Waals surface area contributed by atoms with Gasteiger partial charge < -0.3 is 10.4 Å². The van der Waals surface area contributed by atoms with Crippen LogP contribution >= 0.6 is 0 Å². The maximum absolute atomic E-state index is 12.1. The van der Waals surface area contributed by atoms with Gasteiger partial charge in [-0.2, -0.15) is 0 Å². The standard InChI is InChI=1S/C16H24N2O4S/c1-12(15(19)16(20)17-11-14-7-8-14)18-23(21,22)10-9-13-5-3-2-4-6-13/h2-6,12,14-15,18-19H,7-11H2,1H3,(H,17,20). The molecule has 3 N–H and O–H groups in total. The molecule has 6 nitrogen and oxygen atoms in total. The monoisotopic (exact) mass is 340 g/mol. The van der Waals surface area contributed by atoms with Crippen LogP contribution < -0.4 is 10.0 Å². The molecule has 1 saturated carbocycles. The van der Waals surface area contributed by atoms with Gasteiger partial charge in [0.25, 0.3) is 5.91 Å². The summed E-state index contributed by atoms with van der Waals surface area (Å²) in [7, 11) is -3.57.